The van der Waals surface area contributed by atoms with Gasteiger partial charge in [-0.15, -0.1) is 0 Å². The number of alkyl halides is 2. The molecule has 0 radical (unpaired) electrons. The normalized spacial score (nSPS) is 19.1. The monoisotopic (exact) mass is 554 g/mol. The Kier molecular flexibility index (Phi) is 7.94. The van der Waals surface area contributed by atoms with Crippen LogP contribution in [0.15, 0.2) is 54.6 Å². The van der Waals surface area contributed by atoms with Gasteiger partial charge in [0.25, 0.3) is 6.43 Å². The molecule has 1 N–H and O–H groups in total. The van der Waals surface area contributed by atoms with Crippen molar-refractivity contribution >= 4 is 5.97 Å². The maximum absolute atomic E-state index is 15.5. The van der Waals surface area contributed by atoms with E-state index < -0.39 is 29.9 Å². The largest absolute Gasteiger partial charge is 0.486 e. The molecule has 0 spiro atoms. The molecule has 40 heavy (non-hydrogen) atoms. The first kappa shape index (κ1) is 28.2. The van der Waals surface area contributed by atoms with Gasteiger partial charge in [-0.05, 0) is 83.4 Å². The molecule has 2 aliphatic rings. The SMILES string of the molecule is CC1(C)CCC[C@H]1c1cc(COc2cccc([C@@H](CC(=O)O)C3CC3)c2F)ccc1-c1cc(C(F)F)ccc1F. The zero-order valence-electron chi connectivity index (χ0n) is 22.7. The fourth-order valence-electron chi connectivity index (χ4n) is 6.33. The number of hydrogen-bond acceptors (Lipinski definition) is 2. The van der Waals surface area contributed by atoms with E-state index in [9.17, 15) is 23.1 Å². The molecule has 212 valence electrons. The Morgan fingerprint density at radius 1 is 1.02 bits per heavy atom. The lowest BCUT2D eigenvalue weighted by Gasteiger charge is -2.30. The van der Waals surface area contributed by atoms with Gasteiger partial charge in [-0.2, -0.15) is 0 Å². The number of benzene rings is 3. The summed E-state index contributed by atoms with van der Waals surface area (Å²) in [5.41, 5.74) is 2.42. The Morgan fingerprint density at radius 3 is 2.45 bits per heavy atom. The third-order valence-corrected chi connectivity index (χ3v) is 8.65. The van der Waals surface area contributed by atoms with Gasteiger partial charge in [-0.25, -0.2) is 17.6 Å². The lowest BCUT2D eigenvalue weighted by atomic mass is 9.75. The van der Waals surface area contributed by atoms with E-state index >= 15 is 4.39 Å². The van der Waals surface area contributed by atoms with Crippen LogP contribution in [0.5, 0.6) is 5.75 Å². The Hall–Kier alpha value is -3.35. The van der Waals surface area contributed by atoms with Crippen LogP contribution in [-0.4, -0.2) is 11.1 Å². The molecule has 3 aromatic carbocycles. The van der Waals surface area contributed by atoms with Crippen molar-refractivity contribution < 1.29 is 32.2 Å². The van der Waals surface area contributed by atoms with Crippen molar-refractivity contribution in [3.63, 3.8) is 0 Å². The van der Waals surface area contributed by atoms with Crippen LogP contribution in [-0.2, 0) is 11.4 Å². The first-order chi connectivity index (χ1) is 19.0. The van der Waals surface area contributed by atoms with Crippen molar-refractivity contribution in [3.8, 4) is 16.9 Å². The predicted octanol–water partition coefficient (Wildman–Crippen LogP) is 9.41. The van der Waals surface area contributed by atoms with Crippen molar-refractivity contribution in [2.45, 2.75) is 77.2 Å². The number of rotatable bonds is 10. The molecule has 0 aliphatic heterocycles. The first-order valence-corrected chi connectivity index (χ1v) is 13.9. The van der Waals surface area contributed by atoms with Gasteiger partial charge < -0.3 is 9.84 Å². The van der Waals surface area contributed by atoms with Gasteiger partial charge in [0.2, 0.25) is 0 Å². The molecule has 0 unspecified atom stereocenters. The van der Waals surface area contributed by atoms with Crippen LogP contribution >= 0.6 is 0 Å². The molecule has 3 aromatic rings. The molecule has 2 aliphatic carbocycles. The molecule has 0 saturated heterocycles. The second-order valence-electron chi connectivity index (χ2n) is 11.9. The lowest BCUT2D eigenvalue weighted by Crippen LogP contribution is -2.17. The molecular weight excluding hydrogens is 520 g/mol. The fourth-order valence-corrected chi connectivity index (χ4v) is 6.33. The molecule has 0 bridgehead atoms. The second-order valence-corrected chi connectivity index (χ2v) is 11.9. The quantitative estimate of drug-likeness (QED) is 0.254. The number of carbonyl (C=O) groups is 1. The summed E-state index contributed by atoms with van der Waals surface area (Å²) in [6.45, 7) is 4.38. The van der Waals surface area contributed by atoms with E-state index in [-0.39, 0.29) is 47.2 Å². The molecule has 7 heteroatoms. The minimum atomic E-state index is -2.71. The van der Waals surface area contributed by atoms with Gasteiger partial charge in [0, 0.05) is 17.0 Å². The van der Waals surface area contributed by atoms with E-state index in [0.717, 1.165) is 55.4 Å². The van der Waals surface area contributed by atoms with E-state index in [1.807, 2.05) is 6.07 Å². The highest BCUT2D eigenvalue weighted by molar-refractivity contribution is 5.70. The zero-order valence-corrected chi connectivity index (χ0v) is 22.7. The highest BCUT2D eigenvalue weighted by Crippen LogP contribution is 2.51. The van der Waals surface area contributed by atoms with Crippen LogP contribution in [0, 0.1) is 23.0 Å². The van der Waals surface area contributed by atoms with Crippen LogP contribution in [0.25, 0.3) is 11.1 Å². The third kappa shape index (κ3) is 5.89. The topological polar surface area (TPSA) is 46.5 Å². The van der Waals surface area contributed by atoms with Crippen molar-refractivity contribution in [1.82, 2.24) is 0 Å². The summed E-state index contributed by atoms with van der Waals surface area (Å²) in [4.78, 5) is 11.4. The Bertz CT molecular complexity index is 1400. The summed E-state index contributed by atoms with van der Waals surface area (Å²) in [5, 5.41) is 9.34. The molecule has 5 rings (SSSR count). The van der Waals surface area contributed by atoms with Crippen LogP contribution in [0.2, 0.25) is 0 Å². The van der Waals surface area contributed by atoms with Crippen molar-refractivity contribution in [1.29, 1.82) is 0 Å². The average molecular weight is 555 g/mol. The highest BCUT2D eigenvalue weighted by atomic mass is 19.3. The van der Waals surface area contributed by atoms with E-state index in [1.54, 1.807) is 24.3 Å². The molecule has 2 fully saturated rings. The Morgan fingerprint density at radius 2 is 1.80 bits per heavy atom. The Labute approximate surface area is 232 Å². The maximum Gasteiger partial charge on any atom is 0.303 e. The summed E-state index contributed by atoms with van der Waals surface area (Å²) in [7, 11) is 0. The van der Waals surface area contributed by atoms with Gasteiger partial charge in [0.1, 0.15) is 12.4 Å². The number of carboxylic acids is 1. The van der Waals surface area contributed by atoms with E-state index in [2.05, 4.69) is 13.8 Å². The highest BCUT2D eigenvalue weighted by Gasteiger charge is 2.38. The van der Waals surface area contributed by atoms with Crippen LogP contribution in [0.1, 0.15) is 92.9 Å². The predicted molar refractivity (Wildman–Crippen MR) is 146 cm³/mol. The molecule has 0 amide bonds. The summed E-state index contributed by atoms with van der Waals surface area (Å²) in [5.74, 6) is -2.15. The second kappa shape index (κ2) is 11.3. The van der Waals surface area contributed by atoms with E-state index in [1.165, 1.54) is 12.1 Å². The van der Waals surface area contributed by atoms with Gasteiger partial charge in [-0.1, -0.05) is 56.7 Å². The van der Waals surface area contributed by atoms with Gasteiger partial charge in [0.15, 0.2) is 11.6 Å². The number of ether oxygens (including phenoxy) is 1. The molecule has 2 atom stereocenters. The minimum Gasteiger partial charge on any atom is -0.486 e. The van der Waals surface area contributed by atoms with Crippen LogP contribution in [0.3, 0.4) is 0 Å². The van der Waals surface area contributed by atoms with Crippen molar-refractivity contribution in [2.75, 3.05) is 0 Å². The molecule has 0 aromatic heterocycles. The summed E-state index contributed by atoms with van der Waals surface area (Å²) in [6, 6.07) is 13.7. The molecule has 0 heterocycles. The number of carboxylic acid groups (broad SMARTS) is 1. The van der Waals surface area contributed by atoms with Crippen LogP contribution in [0.4, 0.5) is 17.6 Å². The molecular formula is C33H34F4O3. The fraction of sp³-hybridized carbons (Fsp3) is 0.424. The van der Waals surface area contributed by atoms with Crippen molar-refractivity contribution in [3.05, 3.63) is 88.5 Å². The van der Waals surface area contributed by atoms with E-state index in [4.69, 9.17) is 4.74 Å². The summed E-state index contributed by atoms with van der Waals surface area (Å²) in [6.07, 6.45) is 1.83. The standard InChI is InChI=1S/C33H34F4O3/c1-33(2)14-4-6-27(33)25-15-19(8-12-22(25)26-16-21(32(36)37)11-13-28(26)34)18-40-29-7-3-5-23(31(29)35)24(17-30(38)39)20-9-10-20/h3,5,7-8,11-13,15-16,20,24,27,32H,4,6,9-10,14,17-18H2,1-2H3,(H,38,39)/t24-,27-/m0/s1. The van der Waals surface area contributed by atoms with Gasteiger partial charge in [-0.3, -0.25) is 4.79 Å². The molecule has 2 saturated carbocycles. The Balaban J connectivity index is 1.47. The summed E-state index contributed by atoms with van der Waals surface area (Å²) >= 11 is 0. The number of hydrogen-bond donors (Lipinski definition) is 1. The van der Waals surface area contributed by atoms with Crippen molar-refractivity contribution in [2.24, 2.45) is 11.3 Å². The number of aliphatic carboxylic acids is 1. The van der Waals surface area contributed by atoms with Crippen LogP contribution < -0.4 is 4.74 Å². The van der Waals surface area contributed by atoms with Gasteiger partial charge >= 0.3 is 5.97 Å². The zero-order chi connectivity index (χ0) is 28.6. The maximum atomic E-state index is 15.5. The number of halogens is 4. The first-order valence-electron chi connectivity index (χ1n) is 13.9. The minimum absolute atomic E-state index is 0.0490. The lowest BCUT2D eigenvalue weighted by molar-refractivity contribution is -0.137. The third-order valence-electron chi connectivity index (χ3n) is 8.65. The smallest absolute Gasteiger partial charge is 0.303 e. The van der Waals surface area contributed by atoms with E-state index in [0.29, 0.717) is 11.1 Å². The summed E-state index contributed by atoms with van der Waals surface area (Å²) < 4.78 is 63.3. The average Bonchev–Trinajstić information content (AvgIpc) is 3.69. The molecule has 3 nitrogen and oxygen atoms in total. The van der Waals surface area contributed by atoms with Gasteiger partial charge in [0.05, 0.1) is 6.42 Å².